The van der Waals surface area contributed by atoms with E-state index in [1.807, 2.05) is 24.3 Å². The number of nitrogens with zero attached hydrogens (tertiary/aromatic N) is 2. The zero-order valence-electron chi connectivity index (χ0n) is 16.4. The highest BCUT2D eigenvalue weighted by Crippen LogP contribution is 2.12. The normalized spacial score (nSPS) is 10.4. The first-order valence-corrected chi connectivity index (χ1v) is 9.28. The monoisotopic (exact) mass is 394 g/mol. The van der Waals surface area contributed by atoms with Crippen LogP contribution in [0.5, 0.6) is 5.75 Å². The Hall–Kier alpha value is -3.48. The molecule has 0 spiro atoms. The third kappa shape index (κ3) is 6.00. The molecular weight excluding hydrogens is 371 g/mol. The SMILES string of the molecule is COc1ccc(CNC(=O)c2cc(NCCc3ccc(F)cc3)nc(C)n2)cc1. The van der Waals surface area contributed by atoms with Crippen LogP contribution in [-0.2, 0) is 13.0 Å². The van der Waals surface area contributed by atoms with E-state index in [2.05, 4.69) is 20.6 Å². The number of rotatable bonds is 8. The molecule has 0 saturated carbocycles. The summed E-state index contributed by atoms with van der Waals surface area (Å²) in [7, 11) is 1.61. The van der Waals surface area contributed by atoms with E-state index in [0.717, 1.165) is 16.9 Å². The highest BCUT2D eigenvalue weighted by molar-refractivity contribution is 5.92. The van der Waals surface area contributed by atoms with Crippen molar-refractivity contribution in [2.24, 2.45) is 0 Å². The molecule has 2 aromatic carbocycles. The van der Waals surface area contributed by atoms with Crippen LogP contribution in [0.3, 0.4) is 0 Å². The smallest absolute Gasteiger partial charge is 0.270 e. The average Bonchev–Trinajstić information content (AvgIpc) is 2.73. The van der Waals surface area contributed by atoms with E-state index < -0.39 is 0 Å². The lowest BCUT2D eigenvalue weighted by atomic mass is 10.1. The molecule has 0 aliphatic rings. The maximum Gasteiger partial charge on any atom is 0.270 e. The first-order chi connectivity index (χ1) is 14.0. The van der Waals surface area contributed by atoms with Crippen LogP contribution >= 0.6 is 0 Å². The molecule has 0 unspecified atom stereocenters. The number of methoxy groups -OCH3 is 1. The number of anilines is 1. The van der Waals surface area contributed by atoms with Crippen molar-refractivity contribution in [3.8, 4) is 5.75 Å². The maximum atomic E-state index is 13.0. The number of nitrogens with one attached hydrogen (secondary N) is 2. The predicted molar refractivity (Wildman–Crippen MR) is 110 cm³/mol. The molecule has 29 heavy (non-hydrogen) atoms. The zero-order valence-corrected chi connectivity index (χ0v) is 16.4. The van der Waals surface area contributed by atoms with Crippen LogP contribution in [0, 0.1) is 12.7 Å². The van der Waals surface area contributed by atoms with Crippen LogP contribution in [0.4, 0.5) is 10.2 Å². The Labute approximate surface area is 169 Å². The van der Waals surface area contributed by atoms with E-state index >= 15 is 0 Å². The number of ether oxygens (including phenoxy) is 1. The highest BCUT2D eigenvalue weighted by atomic mass is 19.1. The van der Waals surface area contributed by atoms with Crippen molar-refractivity contribution in [3.05, 3.63) is 83.1 Å². The van der Waals surface area contributed by atoms with Crippen LogP contribution in [-0.4, -0.2) is 29.5 Å². The first-order valence-electron chi connectivity index (χ1n) is 9.28. The van der Waals surface area contributed by atoms with Crippen molar-refractivity contribution in [1.29, 1.82) is 0 Å². The minimum atomic E-state index is -0.270. The minimum Gasteiger partial charge on any atom is -0.497 e. The van der Waals surface area contributed by atoms with Crippen LogP contribution in [0.2, 0.25) is 0 Å². The minimum absolute atomic E-state index is 0.251. The van der Waals surface area contributed by atoms with Gasteiger partial charge in [-0.2, -0.15) is 0 Å². The highest BCUT2D eigenvalue weighted by Gasteiger charge is 2.10. The lowest BCUT2D eigenvalue weighted by molar-refractivity contribution is 0.0945. The second-order valence-corrected chi connectivity index (χ2v) is 6.52. The topological polar surface area (TPSA) is 76.1 Å². The van der Waals surface area contributed by atoms with Gasteiger partial charge in [0.2, 0.25) is 0 Å². The van der Waals surface area contributed by atoms with Gasteiger partial charge in [-0.25, -0.2) is 14.4 Å². The molecule has 6 nitrogen and oxygen atoms in total. The molecule has 1 amide bonds. The summed E-state index contributed by atoms with van der Waals surface area (Å²) in [4.78, 5) is 21.0. The van der Waals surface area contributed by atoms with E-state index in [-0.39, 0.29) is 11.7 Å². The molecule has 7 heteroatoms. The summed E-state index contributed by atoms with van der Waals surface area (Å²) in [5.41, 5.74) is 2.28. The van der Waals surface area contributed by atoms with Gasteiger partial charge in [0, 0.05) is 19.2 Å². The summed E-state index contributed by atoms with van der Waals surface area (Å²) in [5.74, 6) is 1.33. The van der Waals surface area contributed by atoms with Gasteiger partial charge in [-0.05, 0) is 48.7 Å². The van der Waals surface area contributed by atoms with Gasteiger partial charge in [-0.3, -0.25) is 4.79 Å². The van der Waals surface area contributed by atoms with Crippen LogP contribution in [0.25, 0.3) is 0 Å². The maximum absolute atomic E-state index is 13.0. The Balaban J connectivity index is 1.56. The van der Waals surface area contributed by atoms with Crippen molar-refractivity contribution >= 4 is 11.7 Å². The average molecular weight is 394 g/mol. The molecule has 3 aromatic rings. The lowest BCUT2D eigenvalue weighted by Crippen LogP contribution is -2.24. The Morgan fingerprint density at radius 2 is 1.72 bits per heavy atom. The van der Waals surface area contributed by atoms with Gasteiger partial charge in [-0.15, -0.1) is 0 Å². The fourth-order valence-corrected chi connectivity index (χ4v) is 2.78. The molecule has 0 aliphatic carbocycles. The van der Waals surface area contributed by atoms with Crippen molar-refractivity contribution in [2.45, 2.75) is 19.9 Å². The lowest BCUT2D eigenvalue weighted by Gasteiger charge is -2.10. The van der Waals surface area contributed by atoms with Gasteiger partial charge in [0.25, 0.3) is 5.91 Å². The fraction of sp³-hybridized carbons (Fsp3) is 0.227. The number of aromatic nitrogens is 2. The Bertz CT molecular complexity index is 960. The Morgan fingerprint density at radius 1 is 1.03 bits per heavy atom. The number of benzene rings is 2. The number of aryl methyl sites for hydroxylation is 1. The molecule has 0 saturated heterocycles. The second kappa shape index (κ2) is 9.64. The van der Waals surface area contributed by atoms with Crippen LogP contribution < -0.4 is 15.4 Å². The summed E-state index contributed by atoms with van der Waals surface area (Å²) >= 11 is 0. The van der Waals surface area contributed by atoms with Gasteiger partial charge in [0.1, 0.15) is 28.9 Å². The van der Waals surface area contributed by atoms with E-state index in [1.165, 1.54) is 12.1 Å². The number of halogens is 1. The van der Waals surface area contributed by atoms with E-state index in [4.69, 9.17) is 4.74 Å². The molecule has 2 N–H and O–H groups in total. The number of carbonyl (C=O) groups is 1. The summed E-state index contributed by atoms with van der Waals surface area (Å²) < 4.78 is 18.1. The number of amides is 1. The van der Waals surface area contributed by atoms with Gasteiger partial charge in [-0.1, -0.05) is 24.3 Å². The van der Waals surface area contributed by atoms with Crippen molar-refractivity contribution in [3.63, 3.8) is 0 Å². The second-order valence-electron chi connectivity index (χ2n) is 6.52. The summed E-state index contributed by atoms with van der Waals surface area (Å²) in [6.07, 6.45) is 0.711. The molecule has 1 heterocycles. The van der Waals surface area contributed by atoms with Crippen LogP contribution in [0.15, 0.2) is 54.6 Å². The molecule has 0 atom stereocenters. The summed E-state index contributed by atoms with van der Waals surface area (Å²) in [6, 6.07) is 15.5. The largest absolute Gasteiger partial charge is 0.497 e. The van der Waals surface area contributed by atoms with Gasteiger partial charge in [0.15, 0.2) is 0 Å². The van der Waals surface area contributed by atoms with Crippen molar-refractivity contribution in [1.82, 2.24) is 15.3 Å². The molecule has 3 rings (SSSR count). The summed E-state index contributed by atoms with van der Waals surface area (Å²) in [6.45, 7) is 2.74. The Morgan fingerprint density at radius 3 is 2.41 bits per heavy atom. The van der Waals surface area contributed by atoms with Crippen molar-refractivity contribution < 1.29 is 13.9 Å². The standard InChI is InChI=1S/C22H23FN4O2/c1-15-26-20(22(28)25-14-17-5-9-19(29-2)10-6-17)13-21(27-15)24-12-11-16-3-7-18(23)8-4-16/h3-10,13H,11-12,14H2,1-2H3,(H,25,28)(H,24,26,27). The van der Waals surface area contributed by atoms with E-state index in [0.29, 0.717) is 36.8 Å². The number of hydrogen-bond donors (Lipinski definition) is 2. The molecule has 150 valence electrons. The van der Waals surface area contributed by atoms with E-state index in [1.54, 1.807) is 32.2 Å². The summed E-state index contributed by atoms with van der Waals surface area (Å²) in [5, 5.41) is 6.05. The Kier molecular flexibility index (Phi) is 6.73. The van der Waals surface area contributed by atoms with Gasteiger partial charge in [0.05, 0.1) is 7.11 Å². The predicted octanol–water partition coefficient (Wildman–Crippen LogP) is 3.52. The van der Waals surface area contributed by atoms with Gasteiger partial charge < -0.3 is 15.4 Å². The molecule has 0 fully saturated rings. The third-order valence-corrected chi connectivity index (χ3v) is 4.32. The molecule has 0 radical (unpaired) electrons. The zero-order chi connectivity index (χ0) is 20.6. The molecule has 0 aliphatic heterocycles. The fourth-order valence-electron chi connectivity index (χ4n) is 2.78. The molecule has 0 bridgehead atoms. The van der Waals surface area contributed by atoms with E-state index in [9.17, 15) is 9.18 Å². The molecule has 1 aromatic heterocycles. The number of carbonyl (C=O) groups excluding carboxylic acids is 1. The van der Waals surface area contributed by atoms with Crippen LogP contribution in [0.1, 0.15) is 27.4 Å². The molecular formula is C22H23FN4O2. The van der Waals surface area contributed by atoms with Crippen molar-refractivity contribution in [2.75, 3.05) is 19.0 Å². The van der Waals surface area contributed by atoms with Gasteiger partial charge >= 0.3 is 0 Å². The first kappa shape index (κ1) is 20.3. The number of hydrogen-bond acceptors (Lipinski definition) is 5. The third-order valence-electron chi connectivity index (χ3n) is 4.32. The quantitative estimate of drug-likeness (QED) is 0.611.